The standard InChI is InChI=1S/C19H21N3O4/c1-3-22(13-14-6-8-15(24-2)9-7-14)18(23)11-10-17-20-19(21-26-17)16-5-4-12-25-16/h4-9,12H,3,10-11,13H2,1-2H3. The highest BCUT2D eigenvalue weighted by Gasteiger charge is 2.16. The Labute approximate surface area is 151 Å². The number of benzene rings is 1. The highest BCUT2D eigenvalue weighted by atomic mass is 16.5. The van der Waals surface area contributed by atoms with E-state index >= 15 is 0 Å². The van der Waals surface area contributed by atoms with E-state index in [-0.39, 0.29) is 5.91 Å². The van der Waals surface area contributed by atoms with E-state index in [0.29, 0.717) is 43.4 Å². The maximum Gasteiger partial charge on any atom is 0.238 e. The zero-order chi connectivity index (χ0) is 18.4. The fraction of sp³-hybridized carbons (Fsp3) is 0.316. The Hall–Kier alpha value is -3.09. The van der Waals surface area contributed by atoms with Crippen LogP contribution in [0.15, 0.2) is 51.6 Å². The number of carbonyl (C=O) groups excluding carboxylic acids is 1. The number of nitrogens with zero attached hydrogens (tertiary/aromatic N) is 3. The lowest BCUT2D eigenvalue weighted by Crippen LogP contribution is -2.30. The number of hydrogen-bond donors (Lipinski definition) is 0. The summed E-state index contributed by atoms with van der Waals surface area (Å²) in [4.78, 5) is 18.6. The van der Waals surface area contributed by atoms with Crippen molar-refractivity contribution in [2.24, 2.45) is 0 Å². The molecule has 0 aliphatic carbocycles. The summed E-state index contributed by atoms with van der Waals surface area (Å²) in [6.07, 6.45) is 2.25. The summed E-state index contributed by atoms with van der Waals surface area (Å²) in [6.45, 7) is 3.15. The Morgan fingerprint density at radius 1 is 1.23 bits per heavy atom. The molecule has 0 saturated carbocycles. The molecular formula is C19H21N3O4. The zero-order valence-corrected chi connectivity index (χ0v) is 14.8. The Morgan fingerprint density at radius 2 is 2.04 bits per heavy atom. The summed E-state index contributed by atoms with van der Waals surface area (Å²) in [7, 11) is 1.63. The van der Waals surface area contributed by atoms with Crippen molar-refractivity contribution in [3.63, 3.8) is 0 Å². The summed E-state index contributed by atoms with van der Waals surface area (Å²) in [6, 6.07) is 11.2. The zero-order valence-electron chi connectivity index (χ0n) is 14.8. The normalized spacial score (nSPS) is 10.7. The largest absolute Gasteiger partial charge is 0.497 e. The van der Waals surface area contributed by atoms with Crippen LogP contribution in [0.25, 0.3) is 11.6 Å². The average molecular weight is 355 g/mol. The molecule has 0 fully saturated rings. The fourth-order valence-electron chi connectivity index (χ4n) is 2.56. The maximum absolute atomic E-state index is 12.5. The van der Waals surface area contributed by atoms with Gasteiger partial charge in [0.15, 0.2) is 5.76 Å². The number of aryl methyl sites for hydroxylation is 1. The van der Waals surface area contributed by atoms with Crippen molar-refractivity contribution in [1.82, 2.24) is 15.0 Å². The lowest BCUT2D eigenvalue weighted by Gasteiger charge is -2.21. The highest BCUT2D eigenvalue weighted by molar-refractivity contribution is 5.76. The Bertz CT molecular complexity index is 825. The second-order valence-corrected chi connectivity index (χ2v) is 5.75. The van der Waals surface area contributed by atoms with Gasteiger partial charge < -0.3 is 18.6 Å². The van der Waals surface area contributed by atoms with E-state index in [0.717, 1.165) is 11.3 Å². The Balaban J connectivity index is 1.55. The van der Waals surface area contributed by atoms with Crippen molar-refractivity contribution < 1.29 is 18.5 Å². The molecule has 26 heavy (non-hydrogen) atoms. The molecule has 0 spiro atoms. The van der Waals surface area contributed by atoms with Gasteiger partial charge in [-0.1, -0.05) is 17.3 Å². The van der Waals surface area contributed by atoms with Crippen LogP contribution in [0.2, 0.25) is 0 Å². The van der Waals surface area contributed by atoms with Gasteiger partial charge in [0.2, 0.25) is 17.6 Å². The molecule has 0 atom stereocenters. The Morgan fingerprint density at radius 3 is 2.69 bits per heavy atom. The van der Waals surface area contributed by atoms with Crippen LogP contribution in [-0.2, 0) is 17.8 Å². The predicted molar refractivity (Wildman–Crippen MR) is 94.4 cm³/mol. The number of aromatic nitrogens is 2. The van der Waals surface area contributed by atoms with Gasteiger partial charge >= 0.3 is 0 Å². The minimum atomic E-state index is 0.0427. The van der Waals surface area contributed by atoms with E-state index < -0.39 is 0 Å². The van der Waals surface area contributed by atoms with Crippen LogP contribution < -0.4 is 4.74 Å². The number of carbonyl (C=O) groups is 1. The van der Waals surface area contributed by atoms with Gasteiger partial charge in [-0.2, -0.15) is 4.98 Å². The highest BCUT2D eigenvalue weighted by Crippen LogP contribution is 2.17. The topological polar surface area (TPSA) is 81.6 Å². The fourth-order valence-corrected chi connectivity index (χ4v) is 2.56. The predicted octanol–water partition coefficient (Wildman–Crippen LogP) is 3.32. The number of ether oxygens (including phenoxy) is 1. The van der Waals surface area contributed by atoms with E-state index in [1.807, 2.05) is 31.2 Å². The van der Waals surface area contributed by atoms with E-state index in [4.69, 9.17) is 13.7 Å². The van der Waals surface area contributed by atoms with Crippen LogP contribution in [0, 0.1) is 0 Å². The molecule has 0 bridgehead atoms. The van der Waals surface area contributed by atoms with Gasteiger partial charge in [0.25, 0.3) is 0 Å². The number of furan rings is 1. The third kappa shape index (κ3) is 4.30. The van der Waals surface area contributed by atoms with Crippen LogP contribution in [0.3, 0.4) is 0 Å². The van der Waals surface area contributed by atoms with E-state index in [2.05, 4.69) is 10.1 Å². The quantitative estimate of drug-likeness (QED) is 0.616. The first-order chi connectivity index (χ1) is 12.7. The molecule has 0 N–H and O–H groups in total. The van der Waals surface area contributed by atoms with Gasteiger partial charge in [-0.25, -0.2) is 0 Å². The van der Waals surface area contributed by atoms with Crippen LogP contribution in [0.5, 0.6) is 5.75 Å². The van der Waals surface area contributed by atoms with Crippen molar-refractivity contribution in [3.8, 4) is 17.3 Å². The van der Waals surface area contributed by atoms with E-state index in [9.17, 15) is 4.79 Å². The lowest BCUT2D eigenvalue weighted by atomic mass is 10.2. The van der Waals surface area contributed by atoms with Crippen LogP contribution in [0.1, 0.15) is 24.8 Å². The summed E-state index contributed by atoms with van der Waals surface area (Å²) >= 11 is 0. The number of amides is 1. The van der Waals surface area contributed by atoms with Gasteiger partial charge in [0.05, 0.1) is 13.4 Å². The van der Waals surface area contributed by atoms with E-state index in [1.54, 1.807) is 30.4 Å². The molecule has 0 aliphatic heterocycles. The molecule has 1 amide bonds. The molecule has 0 aliphatic rings. The van der Waals surface area contributed by atoms with Crippen molar-refractivity contribution in [2.75, 3.05) is 13.7 Å². The van der Waals surface area contributed by atoms with Crippen LogP contribution >= 0.6 is 0 Å². The van der Waals surface area contributed by atoms with Crippen molar-refractivity contribution in [1.29, 1.82) is 0 Å². The van der Waals surface area contributed by atoms with Crippen LogP contribution in [0.4, 0.5) is 0 Å². The maximum atomic E-state index is 12.5. The first-order valence-corrected chi connectivity index (χ1v) is 8.46. The minimum absolute atomic E-state index is 0.0427. The van der Waals surface area contributed by atoms with Gasteiger partial charge in [-0.3, -0.25) is 4.79 Å². The molecular weight excluding hydrogens is 334 g/mol. The third-order valence-corrected chi connectivity index (χ3v) is 4.03. The summed E-state index contributed by atoms with van der Waals surface area (Å²) < 4.78 is 15.6. The van der Waals surface area contributed by atoms with Gasteiger partial charge in [-0.05, 0) is 36.8 Å². The average Bonchev–Trinajstić information content (AvgIpc) is 3.36. The number of rotatable bonds is 8. The molecule has 2 aromatic heterocycles. The van der Waals surface area contributed by atoms with Gasteiger partial charge in [0.1, 0.15) is 5.75 Å². The first kappa shape index (κ1) is 17.7. The molecule has 0 unspecified atom stereocenters. The smallest absolute Gasteiger partial charge is 0.238 e. The minimum Gasteiger partial charge on any atom is -0.497 e. The molecule has 0 radical (unpaired) electrons. The summed E-state index contributed by atoms with van der Waals surface area (Å²) in [5.74, 6) is 2.20. The van der Waals surface area contributed by atoms with Crippen molar-refractivity contribution >= 4 is 5.91 Å². The molecule has 7 heteroatoms. The summed E-state index contributed by atoms with van der Waals surface area (Å²) in [5, 5.41) is 3.87. The monoisotopic (exact) mass is 355 g/mol. The third-order valence-electron chi connectivity index (χ3n) is 4.03. The molecule has 3 rings (SSSR count). The van der Waals surface area contributed by atoms with Crippen molar-refractivity contribution in [3.05, 3.63) is 54.1 Å². The molecule has 3 aromatic rings. The van der Waals surface area contributed by atoms with Crippen molar-refractivity contribution in [2.45, 2.75) is 26.3 Å². The summed E-state index contributed by atoms with van der Waals surface area (Å²) in [5.41, 5.74) is 1.05. The second-order valence-electron chi connectivity index (χ2n) is 5.75. The number of hydrogen-bond acceptors (Lipinski definition) is 6. The molecule has 136 valence electrons. The first-order valence-electron chi connectivity index (χ1n) is 8.46. The lowest BCUT2D eigenvalue weighted by molar-refractivity contribution is -0.131. The number of methoxy groups -OCH3 is 1. The van der Waals surface area contributed by atoms with Crippen LogP contribution in [-0.4, -0.2) is 34.6 Å². The molecule has 1 aromatic carbocycles. The molecule has 0 saturated heterocycles. The molecule has 7 nitrogen and oxygen atoms in total. The van der Waals surface area contributed by atoms with Gasteiger partial charge in [-0.15, -0.1) is 0 Å². The molecule has 2 heterocycles. The van der Waals surface area contributed by atoms with E-state index in [1.165, 1.54) is 0 Å². The van der Waals surface area contributed by atoms with Gasteiger partial charge in [0, 0.05) is 25.9 Å². The SMILES string of the molecule is CCN(Cc1ccc(OC)cc1)C(=O)CCc1nc(-c2ccco2)no1. The Kier molecular flexibility index (Phi) is 5.68. The second kappa shape index (κ2) is 8.33.